The molecule has 24 heavy (non-hydrogen) atoms. The zero-order chi connectivity index (χ0) is 16.9. The number of nitrogens with one attached hydrogen (secondary N) is 2. The first-order valence-corrected chi connectivity index (χ1v) is 8.74. The Morgan fingerprint density at radius 3 is 2.75 bits per heavy atom. The SMILES string of the molecule is Cc1nc(-c2ccccc2)sc1C(=O)NNC(=O)C[C@H]1C=CCC1. The summed E-state index contributed by atoms with van der Waals surface area (Å²) in [4.78, 5) is 29.1. The largest absolute Gasteiger partial charge is 0.281 e. The van der Waals surface area contributed by atoms with Gasteiger partial charge in [-0.1, -0.05) is 42.5 Å². The highest BCUT2D eigenvalue weighted by Gasteiger charge is 2.18. The van der Waals surface area contributed by atoms with E-state index in [1.54, 1.807) is 6.92 Å². The summed E-state index contributed by atoms with van der Waals surface area (Å²) in [7, 11) is 0. The number of thiazole rings is 1. The highest BCUT2D eigenvalue weighted by atomic mass is 32.1. The molecule has 1 aromatic heterocycles. The molecule has 0 saturated carbocycles. The Hall–Kier alpha value is -2.47. The fourth-order valence-corrected chi connectivity index (χ4v) is 3.62. The van der Waals surface area contributed by atoms with Gasteiger partial charge in [0, 0.05) is 12.0 Å². The summed E-state index contributed by atoms with van der Waals surface area (Å²) in [6, 6.07) is 9.72. The van der Waals surface area contributed by atoms with E-state index in [9.17, 15) is 9.59 Å². The molecule has 2 amide bonds. The zero-order valence-electron chi connectivity index (χ0n) is 13.4. The van der Waals surface area contributed by atoms with Gasteiger partial charge in [0.2, 0.25) is 5.91 Å². The van der Waals surface area contributed by atoms with E-state index >= 15 is 0 Å². The minimum Gasteiger partial charge on any atom is -0.273 e. The van der Waals surface area contributed by atoms with E-state index < -0.39 is 0 Å². The van der Waals surface area contributed by atoms with Crippen molar-refractivity contribution < 1.29 is 9.59 Å². The van der Waals surface area contributed by atoms with Gasteiger partial charge >= 0.3 is 0 Å². The van der Waals surface area contributed by atoms with Crippen molar-refractivity contribution in [2.24, 2.45) is 5.92 Å². The van der Waals surface area contributed by atoms with Crippen LogP contribution in [0.2, 0.25) is 0 Å². The Bertz CT molecular complexity index is 768. The Morgan fingerprint density at radius 1 is 1.25 bits per heavy atom. The maximum Gasteiger partial charge on any atom is 0.281 e. The van der Waals surface area contributed by atoms with E-state index in [2.05, 4.69) is 28.0 Å². The summed E-state index contributed by atoms with van der Waals surface area (Å²) in [6.07, 6.45) is 6.55. The molecule has 0 fully saturated rings. The molecule has 5 nitrogen and oxygen atoms in total. The van der Waals surface area contributed by atoms with Crippen LogP contribution in [0.3, 0.4) is 0 Å². The van der Waals surface area contributed by atoms with Gasteiger partial charge in [-0.3, -0.25) is 20.4 Å². The van der Waals surface area contributed by atoms with E-state index in [4.69, 9.17) is 0 Å². The van der Waals surface area contributed by atoms with E-state index in [1.165, 1.54) is 11.3 Å². The lowest BCUT2D eigenvalue weighted by Crippen LogP contribution is -2.42. The fraction of sp³-hybridized carbons (Fsp3) is 0.278. The minimum absolute atomic E-state index is 0.176. The number of rotatable bonds is 4. The van der Waals surface area contributed by atoms with Crippen molar-refractivity contribution in [2.45, 2.75) is 26.2 Å². The molecule has 2 aromatic rings. The van der Waals surface area contributed by atoms with E-state index in [1.807, 2.05) is 30.3 Å². The topological polar surface area (TPSA) is 71.1 Å². The molecule has 6 heteroatoms. The minimum atomic E-state index is -0.331. The van der Waals surface area contributed by atoms with Crippen LogP contribution in [0.1, 0.15) is 34.6 Å². The van der Waals surface area contributed by atoms with Crippen molar-refractivity contribution in [1.29, 1.82) is 0 Å². The number of hydrogen-bond acceptors (Lipinski definition) is 4. The Labute approximate surface area is 144 Å². The second-order valence-corrected chi connectivity index (χ2v) is 6.77. The van der Waals surface area contributed by atoms with Crippen LogP contribution in [-0.4, -0.2) is 16.8 Å². The third-order valence-corrected chi connectivity index (χ3v) is 5.10. The summed E-state index contributed by atoms with van der Waals surface area (Å²) >= 11 is 1.32. The third-order valence-electron chi connectivity index (χ3n) is 3.90. The van der Waals surface area contributed by atoms with E-state index in [-0.39, 0.29) is 17.7 Å². The molecule has 3 rings (SSSR count). The second kappa shape index (κ2) is 7.40. The van der Waals surface area contributed by atoms with Crippen LogP contribution in [-0.2, 0) is 4.79 Å². The highest BCUT2D eigenvalue weighted by Crippen LogP contribution is 2.27. The van der Waals surface area contributed by atoms with Gasteiger partial charge in [0.05, 0.1) is 5.69 Å². The molecule has 1 heterocycles. The molecule has 1 aliphatic rings. The number of carbonyl (C=O) groups excluding carboxylic acids is 2. The zero-order valence-corrected chi connectivity index (χ0v) is 14.2. The quantitative estimate of drug-likeness (QED) is 0.662. The monoisotopic (exact) mass is 341 g/mol. The lowest BCUT2D eigenvalue weighted by atomic mass is 10.1. The maximum atomic E-state index is 12.3. The molecule has 1 aliphatic carbocycles. The van der Waals surface area contributed by atoms with Gasteiger partial charge in [-0.15, -0.1) is 11.3 Å². The summed E-state index contributed by atoms with van der Waals surface area (Å²) in [5.41, 5.74) is 6.61. The number of benzene rings is 1. The van der Waals surface area contributed by atoms with Gasteiger partial charge in [-0.25, -0.2) is 4.98 Å². The molecule has 0 radical (unpaired) electrons. The second-order valence-electron chi connectivity index (χ2n) is 5.77. The average molecular weight is 341 g/mol. The summed E-state index contributed by atoms with van der Waals surface area (Å²) in [5, 5.41) is 0.792. The molecule has 0 saturated heterocycles. The van der Waals surface area contributed by atoms with Crippen LogP contribution in [0.25, 0.3) is 10.6 Å². The van der Waals surface area contributed by atoms with Gasteiger partial charge < -0.3 is 0 Å². The van der Waals surface area contributed by atoms with Crippen LogP contribution in [0.5, 0.6) is 0 Å². The van der Waals surface area contributed by atoms with Gasteiger partial charge in [-0.05, 0) is 25.7 Å². The van der Waals surface area contributed by atoms with Gasteiger partial charge in [-0.2, -0.15) is 0 Å². The average Bonchev–Trinajstić information content (AvgIpc) is 3.23. The molecule has 0 spiro atoms. The molecule has 1 atom stereocenters. The van der Waals surface area contributed by atoms with Gasteiger partial charge in [0.25, 0.3) is 5.91 Å². The first kappa shape index (κ1) is 16.4. The normalized spacial score (nSPS) is 16.1. The van der Waals surface area contributed by atoms with E-state index in [0.717, 1.165) is 23.4 Å². The number of aryl methyl sites for hydroxylation is 1. The summed E-state index contributed by atoms with van der Waals surface area (Å²) in [6.45, 7) is 1.79. The molecular formula is C18H19N3O2S. The third kappa shape index (κ3) is 3.89. The lowest BCUT2D eigenvalue weighted by Gasteiger charge is -2.09. The van der Waals surface area contributed by atoms with Crippen LogP contribution in [0.4, 0.5) is 0 Å². The van der Waals surface area contributed by atoms with Crippen LogP contribution in [0, 0.1) is 12.8 Å². The van der Waals surface area contributed by atoms with Crippen molar-refractivity contribution in [3.8, 4) is 10.6 Å². The standard InChI is InChI=1S/C18H19N3O2S/c1-12-16(24-18(19-12)14-9-3-2-4-10-14)17(23)21-20-15(22)11-13-7-5-6-8-13/h2-5,7,9-10,13H,6,8,11H2,1H3,(H,20,22)(H,21,23)/t13-/m0/s1. The molecule has 0 bridgehead atoms. The number of hydrogen-bond donors (Lipinski definition) is 2. The van der Waals surface area contributed by atoms with Gasteiger partial charge in [0.1, 0.15) is 9.88 Å². The molecular weight excluding hydrogens is 322 g/mol. The fourth-order valence-electron chi connectivity index (χ4n) is 2.65. The number of allylic oxidation sites excluding steroid dienone is 2. The van der Waals surface area contributed by atoms with Crippen LogP contribution >= 0.6 is 11.3 Å². The summed E-state index contributed by atoms with van der Waals surface area (Å²) in [5.74, 6) is -0.232. The number of aromatic nitrogens is 1. The predicted octanol–water partition coefficient (Wildman–Crippen LogP) is 3.24. The van der Waals surface area contributed by atoms with Crippen LogP contribution < -0.4 is 10.9 Å². The van der Waals surface area contributed by atoms with Gasteiger partial charge in [0.15, 0.2) is 0 Å². The smallest absolute Gasteiger partial charge is 0.273 e. The summed E-state index contributed by atoms with van der Waals surface area (Å²) < 4.78 is 0. The molecule has 0 unspecified atom stereocenters. The van der Waals surface area contributed by atoms with Crippen molar-refractivity contribution in [2.75, 3.05) is 0 Å². The Balaban J connectivity index is 1.60. The van der Waals surface area contributed by atoms with Crippen molar-refractivity contribution >= 4 is 23.2 Å². The van der Waals surface area contributed by atoms with Crippen LogP contribution in [0.15, 0.2) is 42.5 Å². The number of nitrogens with zero attached hydrogens (tertiary/aromatic N) is 1. The van der Waals surface area contributed by atoms with Crippen molar-refractivity contribution in [3.05, 3.63) is 53.1 Å². The number of amides is 2. The Kier molecular flexibility index (Phi) is 5.05. The molecule has 2 N–H and O–H groups in total. The number of hydrazine groups is 1. The maximum absolute atomic E-state index is 12.3. The number of carbonyl (C=O) groups is 2. The molecule has 1 aromatic carbocycles. The first-order valence-electron chi connectivity index (χ1n) is 7.92. The first-order chi connectivity index (χ1) is 11.6. The highest BCUT2D eigenvalue weighted by molar-refractivity contribution is 7.17. The Morgan fingerprint density at radius 2 is 2.04 bits per heavy atom. The van der Waals surface area contributed by atoms with Crippen molar-refractivity contribution in [1.82, 2.24) is 15.8 Å². The van der Waals surface area contributed by atoms with Crippen molar-refractivity contribution in [3.63, 3.8) is 0 Å². The van der Waals surface area contributed by atoms with E-state index in [0.29, 0.717) is 17.0 Å². The molecule has 0 aliphatic heterocycles. The predicted molar refractivity (Wildman–Crippen MR) is 94.4 cm³/mol. The lowest BCUT2D eigenvalue weighted by molar-refractivity contribution is -0.122. The molecule has 124 valence electrons.